The summed E-state index contributed by atoms with van der Waals surface area (Å²) in [5.74, 6) is -0.555. The van der Waals surface area contributed by atoms with Gasteiger partial charge in [0.1, 0.15) is 5.82 Å². The predicted octanol–water partition coefficient (Wildman–Crippen LogP) is 1.19. The minimum Gasteiger partial charge on any atom is -0.396 e. The fourth-order valence-electron chi connectivity index (χ4n) is 1.96. The van der Waals surface area contributed by atoms with Gasteiger partial charge in [-0.2, -0.15) is 0 Å². The van der Waals surface area contributed by atoms with E-state index in [1.165, 1.54) is 29.0 Å². The molecule has 1 aromatic heterocycles. The Morgan fingerprint density at radius 1 is 1.25 bits per heavy atom. The number of halogens is 1. The van der Waals surface area contributed by atoms with Crippen LogP contribution in [-0.4, -0.2) is 9.13 Å². The summed E-state index contributed by atoms with van der Waals surface area (Å²) >= 11 is 0. The lowest BCUT2D eigenvalue weighted by Crippen LogP contribution is -2.39. The second-order valence-electron chi connectivity index (χ2n) is 4.57. The molecule has 1 aromatic carbocycles. The summed E-state index contributed by atoms with van der Waals surface area (Å²) in [6.07, 6.45) is 2.27. The molecule has 0 bridgehead atoms. The molecule has 5 nitrogen and oxygen atoms in total. The molecule has 0 aliphatic carbocycles. The van der Waals surface area contributed by atoms with Gasteiger partial charge in [0.15, 0.2) is 0 Å². The zero-order valence-corrected chi connectivity index (χ0v) is 11.2. The summed E-state index contributed by atoms with van der Waals surface area (Å²) in [6, 6.07) is 5.59. The van der Waals surface area contributed by atoms with Gasteiger partial charge in [0.05, 0.1) is 12.2 Å². The fourth-order valence-corrected chi connectivity index (χ4v) is 1.96. The number of nitrogens with zero attached hydrogens (tertiary/aromatic N) is 2. The van der Waals surface area contributed by atoms with E-state index in [4.69, 9.17) is 5.73 Å². The van der Waals surface area contributed by atoms with Gasteiger partial charge in [0.2, 0.25) is 0 Å². The Bertz CT molecular complexity index is 734. The van der Waals surface area contributed by atoms with Crippen LogP contribution in [0.2, 0.25) is 0 Å². The van der Waals surface area contributed by atoms with E-state index in [0.717, 1.165) is 11.0 Å². The van der Waals surface area contributed by atoms with Crippen molar-refractivity contribution in [1.29, 1.82) is 0 Å². The molecule has 0 saturated carbocycles. The van der Waals surface area contributed by atoms with Gasteiger partial charge in [-0.15, -0.1) is 0 Å². The Morgan fingerprint density at radius 3 is 2.65 bits per heavy atom. The molecule has 2 rings (SSSR count). The average Bonchev–Trinajstić information content (AvgIpc) is 2.42. The van der Waals surface area contributed by atoms with E-state index >= 15 is 0 Å². The molecule has 0 aliphatic heterocycles. The third-order valence-electron chi connectivity index (χ3n) is 3.01. The summed E-state index contributed by atoms with van der Waals surface area (Å²) in [7, 11) is 0. The van der Waals surface area contributed by atoms with Crippen molar-refractivity contribution in [2.45, 2.75) is 26.4 Å². The number of nitrogen functional groups attached to an aromatic ring is 1. The van der Waals surface area contributed by atoms with E-state index in [9.17, 15) is 14.0 Å². The maximum atomic E-state index is 13.4. The molecule has 0 fully saturated rings. The van der Waals surface area contributed by atoms with Crippen LogP contribution in [-0.2, 0) is 13.1 Å². The van der Waals surface area contributed by atoms with E-state index in [1.807, 2.05) is 6.92 Å². The van der Waals surface area contributed by atoms with Gasteiger partial charge >= 0.3 is 5.69 Å². The third kappa shape index (κ3) is 2.79. The van der Waals surface area contributed by atoms with Gasteiger partial charge in [0.25, 0.3) is 5.56 Å². The van der Waals surface area contributed by atoms with Crippen LogP contribution in [0.15, 0.2) is 40.1 Å². The summed E-state index contributed by atoms with van der Waals surface area (Å²) in [5, 5.41) is 0. The van der Waals surface area contributed by atoms with E-state index in [0.29, 0.717) is 12.1 Å². The molecule has 0 unspecified atom stereocenters. The second-order valence-corrected chi connectivity index (χ2v) is 4.57. The molecule has 106 valence electrons. The summed E-state index contributed by atoms with van der Waals surface area (Å²) in [5.41, 5.74) is 5.16. The lowest BCUT2D eigenvalue weighted by molar-refractivity contribution is 0.568. The largest absolute Gasteiger partial charge is 0.396 e. The van der Waals surface area contributed by atoms with Crippen LogP contribution in [0, 0.1) is 5.82 Å². The molecular formula is C14H16FN3O2. The Balaban J connectivity index is 2.42. The summed E-state index contributed by atoms with van der Waals surface area (Å²) in [6.45, 7) is 2.51. The maximum absolute atomic E-state index is 13.4. The molecule has 0 amide bonds. The molecule has 0 radical (unpaired) electrons. The van der Waals surface area contributed by atoms with E-state index in [1.54, 1.807) is 6.07 Å². The van der Waals surface area contributed by atoms with Gasteiger partial charge in [-0.05, 0) is 24.1 Å². The molecule has 2 aromatic rings. The Kier molecular flexibility index (Phi) is 4.02. The highest BCUT2D eigenvalue weighted by Gasteiger charge is 2.07. The van der Waals surface area contributed by atoms with Crippen molar-refractivity contribution in [2.75, 3.05) is 5.73 Å². The number of rotatable bonds is 4. The van der Waals surface area contributed by atoms with Crippen LogP contribution in [0.1, 0.15) is 18.9 Å². The lowest BCUT2D eigenvalue weighted by atomic mass is 10.2. The van der Waals surface area contributed by atoms with Crippen LogP contribution in [0.4, 0.5) is 10.1 Å². The quantitative estimate of drug-likeness (QED) is 0.853. The average molecular weight is 277 g/mol. The van der Waals surface area contributed by atoms with Crippen molar-refractivity contribution in [1.82, 2.24) is 9.13 Å². The van der Waals surface area contributed by atoms with Crippen LogP contribution >= 0.6 is 0 Å². The fraction of sp³-hybridized carbons (Fsp3) is 0.286. The van der Waals surface area contributed by atoms with Gasteiger partial charge in [-0.3, -0.25) is 9.36 Å². The van der Waals surface area contributed by atoms with Crippen molar-refractivity contribution >= 4 is 5.69 Å². The number of benzene rings is 1. The van der Waals surface area contributed by atoms with Crippen molar-refractivity contribution in [3.05, 3.63) is 62.7 Å². The van der Waals surface area contributed by atoms with Gasteiger partial charge < -0.3 is 10.3 Å². The molecular weight excluding hydrogens is 261 g/mol. The first-order valence-electron chi connectivity index (χ1n) is 6.37. The number of anilines is 1. The topological polar surface area (TPSA) is 70.0 Å². The Morgan fingerprint density at radius 2 is 2.00 bits per heavy atom. The molecule has 1 heterocycles. The lowest BCUT2D eigenvalue weighted by Gasteiger charge is -2.09. The number of hydrogen-bond acceptors (Lipinski definition) is 3. The highest BCUT2D eigenvalue weighted by molar-refractivity contribution is 5.41. The smallest absolute Gasteiger partial charge is 0.331 e. The van der Waals surface area contributed by atoms with Gasteiger partial charge in [-0.25, -0.2) is 9.18 Å². The van der Waals surface area contributed by atoms with E-state index in [2.05, 4.69) is 0 Å². The third-order valence-corrected chi connectivity index (χ3v) is 3.01. The SMILES string of the molecule is CCCn1ccc(=O)n(Cc2ccc(N)c(F)c2)c1=O. The van der Waals surface area contributed by atoms with Crippen LogP contribution in [0.3, 0.4) is 0 Å². The first-order chi connectivity index (χ1) is 9.52. The summed E-state index contributed by atoms with van der Waals surface area (Å²) in [4.78, 5) is 23.9. The predicted molar refractivity (Wildman–Crippen MR) is 75.2 cm³/mol. The van der Waals surface area contributed by atoms with Crippen molar-refractivity contribution in [3.63, 3.8) is 0 Å². The molecule has 0 saturated heterocycles. The van der Waals surface area contributed by atoms with E-state index in [-0.39, 0.29) is 12.2 Å². The van der Waals surface area contributed by atoms with Crippen LogP contribution in [0.25, 0.3) is 0 Å². The first-order valence-corrected chi connectivity index (χ1v) is 6.37. The van der Waals surface area contributed by atoms with E-state index < -0.39 is 17.1 Å². The normalized spacial score (nSPS) is 10.7. The number of aryl methyl sites for hydroxylation is 1. The standard InChI is InChI=1S/C14H16FN3O2/c1-2-6-17-7-5-13(19)18(14(17)20)9-10-3-4-12(16)11(15)8-10/h3-5,7-8H,2,6,9,16H2,1H3. The highest BCUT2D eigenvalue weighted by Crippen LogP contribution is 2.12. The Hall–Kier alpha value is -2.37. The molecule has 0 aliphatic rings. The highest BCUT2D eigenvalue weighted by atomic mass is 19.1. The van der Waals surface area contributed by atoms with Crippen LogP contribution < -0.4 is 17.0 Å². The summed E-state index contributed by atoms with van der Waals surface area (Å²) < 4.78 is 15.9. The zero-order chi connectivity index (χ0) is 14.7. The zero-order valence-electron chi connectivity index (χ0n) is 11.2. The minimum absolute atomic E-state index is 0.0272. The van der Waals surface area contributed by atoms with Crippen molar-refractivity contribution < 1.29 is 4.39 Å². The molecule has 2 N–H and O–H groups in total. The molecule has 20 heavy (non-hydrogen) atoms. The van der Waals surface area contributed by atoms with Gasteiger partial charge in [-0.1, -0.05) is 13.0 Å². The van der Waals surface area contributed by atoms with Crippen molar-refractivity contribution in [2.24, 2.45) is 0 Å². The minimum atomic E-state index is -0.555. The molecule has 0 spiro atoms. The number of hydrogen-bond donors (Lipinski definition) is 1. The Labute approximate surface area is 115 Å². The molecule has 6 heteroatoms. The maximum Gasteiger partial charge on any atom is 0.331 e. The number of nitrogens with two attached hydrogens (primary N) is 1. The molecule has 0 atom stereocenters. The second kappa shape index (κ2) is 5.73. The first kappa shape index (κ1) is 14.0. The monoisotopic (exact) mass is 277 g/mol. The number of aromatic nitrogens is 2. The van der Waals surface area contributed by atoms with Gasteiger partial charge in [0, 0.05) is 18.8 Å². The van der Waals surface area contributed by atoms with Crippen LogP contribution in [0.5, 0.6) is 0 Å². The van der Waals surface area contributed by atoms with Crippen molar-refractivity contribution in [3.8, 4) is 0 Å².